The van der Waals surface area contributed by atoms with Crippen molar-refractivity contribution in [3.05, 3.63) is 71.7 Å². The van der Waals surface area contributed by atoms with E-state index in [0.717, 1.165) is 51.4 Å². The van der Waals surface area contributed by atoms with Crippen LogP contribution >= 0.6 is 0 Å². The number of nitrogens with one attached hydrogen (secondary N) is 2. The number of aromatic nitrogens is 3. The number of benzene rings is 1. The van der Waals surface area contributed by atoms with Gasteiger partial charge in [-0.3, -0.25) is 14.0 Å². The zero-order valence-corrected chi connectivity index (χ0v) is 21.7. The summed E-state index contributed by atoms with van der Waals surface area (Å²) in [5, 5.41) is 6.37. The molecule has 2 amide bonds. The minimum Gasteiger partial charge on any atom is -0.463 e. The van der Waals surface area contributed by atoms with Crippen LogP contribution in [0.3, 0.4) is 0 Å². The summed E-state index contributed by atoms with van der Waals surface area (Å²) in [6, 6.07) is 13.5. The highest BCUT2D eigenvalue weighted by Crippen LogP contribution is 2.37. The first kappa shape index (κ1) is 23.4. The highest BCUT2D eigenvalue weighted by Gasteiger charge is 2.28. The molecule has 39 heavy (non-hydrogen) atoms. The molecule has 1 fully saturated rings. The van der Waals surface area contributed by atoms with Crippen LogP contribution in [0.4, 0.5) is 17.2 Å². The minimum atomic E-state index is -0.135. The van der Waals surface area contributed by atoms with E-state index in [9.17, 15) is 9.59 Å². The zero-order chi connectivity index (χ0) is 26.7. The summed E-state index contributed by atoms with van der Waals surface area (Å²) in [6.07, 6.45) is 4.92. The molecule has 2 N–H and O–H groups in total. The lowest BCUT2D eigenvalue weighted by Gasteiger charge is -2.22. The fraction of sp³-hybridized carbons (Fsp3) is 0.241. The van der Waals surface area contributed by atoms with Crippen LogP contribution in [0, 0.1) is 0 Å². The van der Waals surface area contributed by atoms with E-state index in [2.05, 4.69) is 20.0 Å². The van der Waals surface area contributed by atoms with Crippen molar-refractivity contribution in [2.24, 2.45) is 0 Å². The molecule has 196 valence electrons. The molecule has 4 aromatic heterocycles. The van der Waals surface area contributed by atoms with E-state index < -0.39 is 0 Å². The van der Waals surface area contributed by atoms with Crippen molar-refractivity contribution < 1.29 is 14.0 Å². The molecule has 7 rings (SSSR count). The molecule has 1 aromatic carbocycles. The van der Waals surface area contributed by atoms with Gasteiger partial charge in [-0.05, 0) is 56.4 Å². The molecular formula is C29H27N7O3. The van der Waals surface area contributed by atoms with Gasteiger partial charge in [0.05, 0.1) is 46.3 Å². The number of nitrogens with zero attached hydrogens (tertiary/aromatic N) is 5. The van der Waals surface area contributed by atoms with Gasteiger partial charge in [0.25, 0.3) is 5.91 Å². The van der Waals surface area contributed by atoms with E-state index >= 15 is 0 Å². The molecule has 0 saturated carbocycles. The molecule has 10 heteroatoms. The summed E-state index contributed by atoms with van der Waals surface area (Å²) in [7, 11) is 3.95. The monoisotopic (exact) mass is 521 g/mol. The average Bonchev–Trinajstić information content (AvgIpc) is 3.71. The van der Waals surface area contributed by atoms with Crippen molar-refractivity contribution >= 4 is 45.8 Å². The van der Waals surface area contributed by atoms with Gasteiger partial charge < -0.3 is 24.9 Å². The van der Waals surface area contributed by atoms with Gasteiger partial charge in [-0.15, -0.1) is 0 Å². The van der Waals surface area contributed by atoms with Gasteiger partial charge in [0.1, 0.15) is 11.5 Å². The number of anilines is 3. The molecule has 5 aromatic rings. The van der Waals surface area contributed by atoms with Crippen LogP contribution in [0.2, 0.25) is 0 Å². The number of amides is 2. The summed E-state index contributed by atoms with van der Waals surface area (Å²) in [4.78, 5) is 38.8. The smallest absolute Gasteiger partial charge is 0.254 e. The number of furan rings is 1. The number of imidazole rings is 1. The molecule has 0 radical (unpaired) electrons. The Morgan fingerprint density at radius 2 is 2.00 bits per heavy atom. The summed E-state index contributed by atoms with van der Waals surface area (Å²) >= 11 is 0. The predicted octanol–water partition coefficient (Wildman–Crippen LogP) is 4.32. The maximum atomic E-state index is 13.0. The van der Waals surface area contributed by atoms with Gasteiger partial charge in [0, 0.05) is 37.7 Å². The standard InChI is InChI=1S/C29H27N7O3/c1-34(2)16-20-21(35-12-3-4-27(35)37)7-9-25(33-20)32-19-6-5-17(18-14-31-29(38)28(18)19)23-15-30-26-10-8-24-22(36(23)26)11-13-39-24/h5-11,13,15H,3-4,12,14,16H2,1-2H3,(H,31,38)(H,32,33). The Labute approximate surface area is 224 Å². The number of carbonyl (C=O) groups is 2. The van der Waals surface area contributed by atoms with Crippen molar-refractivity contribution in [3.8, 4) is 11.3 Å². The number of carbonyl (C=O) groups excluding carboxylic acids is 2. The average molecular weight is 522 g/mol. The molecule has 0 atom stereocenters. The highest BCUT2D eigenvalue weighted by molar-refractivity contribution is 6.06. The first-order valence-electron chi connectivity index (χ1n) is 13.0. The Hall–Kier alpha value is -4.70. The molecule has 0 spiro atoms. The topological polar surface area (TPSA) is 108 Å². The highest BCUT2D eigenvalue weighted by atomic mass is 16.3. The summed E-state index contributed by atoms with van der Waals surface area (Å²) < 4.78 is 7.66. The second-order valence-corrected chi connectivity index (χ2v) is 10.2. The molecular weight excluding hydrogens is 494 g/mol. The van der Waals surface area contributed by atoms with Crippen molar-refractivity contribution in [1.29, 1.82) is 0 Å². The first-order chi connectivity index (χ1) is 19.0. The molecule has 0 unspecified atom stereocenters. The second-order valence-electron chi connectivity index (χ2n) is 10.2. The van der Waals surface area contributed by atoms with Crippen LogP contribution in [0.5, 0.6) is 0 Å². The molecule has 2 aliphatic heterocycles. The first-order valence-corrected chi connectivity index (χ1v) is 13.0. The van der Waals surface area contributed by atoms with Gasteiger partial charge in [0.2, 0.25) is 5.91 Å². The van der Waals surface area contributed by atoms with Crippen LogP contribution in [-0.2, 0) is 17.9 Å². The second kappa shape index (κ2) is 8.95. The molecule has 10 nitrogen and oxygen atoms in total. The van der Waals surface area contributed by atoms with E-state index in [1.807, 2.05) is 72.6 Å². The Morgan fingerprint density at radius 3 is 2.82 bits per heavy atom. The van der Waals surface area contributed by atoms with Gasteiger partial charge in [-0.1, -0.05) is 6.07 Å². The third-order valence-corrected chi connectivity index (χ3v) is 7.37. The van der Waals surface area contributed by atoms with E-state index in [4.69, 9.17) is 9.40 Å². The number of hydrogen-bond acceptors (Lipinski definition) is 7. The Bertz CT molecular complexity index is 1780. The lowest BCUT2D eigenvalue weighted by molar-refractivity contribution is -0.117. The molecule has 6 heterocycles. The molecule has 0 aliphatic carbocycles. The summed E-state index contributed by atoms with van der Waals surface area (Å²) in [5.74, 6) is 0.610. The fourth-order valence-corrected chi connectivity index (χ4v) is 5.66. The minimum absolute atomic E-state index is 0.127. The number of pyridine rings is 2. The SMILES string of the molecule is CN(C)Cc1nc(Nc2ccc(-c3cnc4ccc5occc5n34)c3c2C(=O)NC3)ccc1N1CCCC1=O. The molecule has 1 saturated heterocycles. The van der Waals surface area contributed by atoms with E-state index in [-0.39, 0.29) is 11.8 Å². The third kappa shape index (κ3) is 3.83. The maximum Gasteiger partial charge on any atom is 0.254 e. The normalized spacial score (nSPS) is 15.1. The quantitative estimate of drug-likeness (QED) is 0.343. The van der Waals surface area contributed by atoms with Crippen molar-refractivity contribution in [3.63, 3.8) is 0 Å². The van der Waals surface area contributed by atoms with E-state index in [0.29, 0.717) is 43.1 Å². The van der Waals surface area contributed by atoms with Gasteiger partial charge in [0.15, 0.2) is 5.58 Å². The van der Waals surface area contributed by atoms with E-state index in [1.54, 1.807) is 6.26 Å². The van der Waals surface area contributed by atoms with Gasteiger partial charge in [-0.25, -0.2) is 9.97 Å². The lowest BCUT2D eigenvalue weighted by Crippen LogP contribution is -2.26. The van der Waals surface area contributed by atoms with Crippen LogP contribution in [0.15, 0.2) is 59.3 Å². The van der Waals surface area contributed by atoms with Crippen molar-refractivity contribution in [1.82, 2.24) is 24.6 Å². The fourth-order valence-electron chi connectivity index (χ4n) is 5.66. The largest absolute Gasteiger partial charge is 0.463 e. The van der Waals surface area contributed by atoms with Crippen LogP contribution < -0.4 is 15.5 Å². The van der Waals surface area contributed by atoms with Crippen LogP contribution in [0.1, 0.15) is 34.5 Å². The zero-order valence-electron chi connectivity index (χ0n) is 21.7. The van der Waals surface area contributed by atoms with Crippen molar-refractivity contribution in [2.45, 2.75) is 25.9 Å². The lowest BCUT2D eigenvalue weighted by atomic mass is 9.99. The number of hydrogen-bond donors (Lipinski definition) is 2. The summed E-state index contributed by atoms with van der Waals surface area (Å²) in [5.41, 5.74) is 8.15. The van der Waals surface area contributed by atoms with Crippen LogP contribution in [-0.4, -0.2) is 51.7 Å². The Balaban J connectivity index is 1.29. The predicted molar refractivity (Wildman–Crippen MR) is 148 cm³/mol. The van der Waals surface area contributed by atoms with Gasteiger partial charge in [-0.2, -0.15) is 0 Å². The molecule has 2 aliphatic rings. The Kier molecular flexibility index (Phi) is 5.38. The van der Waals surface area contributed by atoms with Crippen LogP contribution in [0.25, 0.3) is 28.0 Å². The summed E-state index contributed by atoms with van der Waals surface area (Å²) in [6.45, 7) is 1.71. The number of rotatable bonds is 6. The van der Waals surface area contributed by atoms with Gasteiger partial charge >= 0.3 is 0 Å². The molecule has 0 bridgehead atoms. The van der Waals surface area contributed by atoms with E-state index in [1.165, 1.54) is 0 Å². The Morgan fingerprint density at radius 1 is 1.10 bits per heavy atom. The number of fused-ring (bicyclic) bond motifs is 4. The van der Waals surface area contributed by atoms with Crippen molar-refractivity contribution in [2.75, 3.05) is 30.9 Å². The third-order valence-electron chi connectivity index (χ3n) is 7.37. The maximum absolute atomic E-state index is 13.0.